The summed E-state index contributed by atoms with van der Waals surface area (Å²) in [5.74, 6) is -2.50. The largest absolute Gasteiger partial charge is 0.481 e. The van der Waals surface area contributed by atoms with Gasteiger partial charge in [-0.2, -0.15) is 0 Å². The molecule has 1 aromatic rings. The molecule has 0 saturated heterocycles. The van der Waals surface area contributed by atoms with Gasteiger partial charge in [0.25, 0.3) is 0 Å². The molecule has 0 unspecified atom stereocenters. The van der Waals surface area contributed by atoms with Gasteiger partial charge in [-0.05, 0) is 31.0 Å². The first kappa shape index (κ1) is 16.0. The van der Waals surface area contributed by atoms with Crippen molar-refractivity contribution in [1.29, 1.82) is 0 Å². The van der Waals surface area contributed by atoms with Gasteiger partial charge in [-0.25, -0.2) is 0 Å². The predicted molar refractivity (Wildman–Crippen MR) is 82.5 cm³/mol. The quantitative estimate of drug-likeness (QED) is 0.796. The van der Waals surface area contributed by atoms with E-state index >= 15 is 0 Å². The van der Waals surface area contributed by atoms with E-state index in [9.17, 15) is 19.5 Å². The average molecular weight is 304 g/mol. The Bertz CT molecular complexity index is 585. The van der Waals surface area contributed by atoms with Gasteiger partial charge >= 0.3 is 5.97 Å². The number of rotatable bonds is 4. The van der Waals surface area contributed by atoms with Crippen molar-refractivity contribution in [2.75, 3.05) is 10.6 Å². The monoisotopic (exact) mass is 304 g/mol. The number of carboxylic acid groups (broad SMARTS) is 1. The summed E-state index contributed by atoms with van der Waals surface area (Å²) in [6.45, 7) is 1.41. The highest BCUT2D eigenvalue weighted by molar-refractivity contribution is 5.96. The van der Waals surface area contributed by atoms with Crippen molar-refractivity contribution in [2.45, 2.75) is 32.6 Å². The average Bonchev–Trinajstić information content (AvgIpc) is 2.46. The lowest BCUT2D eigenvalue weighted by Crippen LogP contribution is -2.36. The van der Waals surface area contributed by atoms with Crippen LogP contribution in [-0.4, -0.2) is 22.9 Å². The smallest absolute Gasteiger partial charge is 0.307 e. The Balaban J connectivity index is 2.07. The SMILES string of the molecule is CC(=O)Nc1cccc(NC(=O)[C@@H]2CCCC[C@@H]2C(=O)O)c1. The van der Waals surface area contributed by atoms with Crippen molar-refractivity contribution in [3.63, 3.8) is 0 Å². The van der Waals surface area contributed by atoms with Crippen LogP contribution in [0, 0.1) is 11.8 Å². The van der Waals surface area contributed by atoms with E-state index in [4.69, 9.17) is 0 Å². The molecule has 6 heteroatoms. The van der Waals surface area contributed by atoms with Gasteiger partial charge in [-0.15, -0.1) is 0 Å². The molecule has 2 amide bonds. The fourth-order valence-corrected chi connectivity index (χ4v) is 2.85. The lowest BCUT2D eigenvalue weighted by molar-refractivity contribution is -0.147. The third-order valence-corrected chi connectivity index (χ3v) is 3.87. The maximum atomic E-state index is 12.4. The van der Waals surface area contributed by atoms with Gasteiger partial charge in [0.2, 0.25) is 11.8 Å². The lowest BCUT2D eigenvalue weighted by atomic mass is 9.78. The van der Waals surface area contributed by atoms with Crippen LogP contribution in [0.4, 0.5) is 11.4 Å². The minimum atomic E-state index is -0.910. The Morgan fingerprint density at radius 3 is 2.23 bits per heavy atom. The maximum absolute atomic E-state index is 12.4. The molecule has 1 aliphatic rings. The molecule has 0 spiro atoms. The summed E-state index contributed by atoms with van der Waals surface area (Å²) in [4.78, 5) is 34.7. The van der Waals surface area contributed by atoms with Gasteiger partial charge < -0.3 is 15.7 Å². The van der Waals surface area contributed by atoms with Crippen LogP contribution in [0.2, 0.25) is 0 Å². The fourth-order valence-electron chi connectivity index (χ4n) is 2.85. The summed E-state index contributed by atoms with van der Waals surface area (Å²) in [6, 6.07) is 6.80. The Hall–Kier alpha value is -2.37. The highest BCUT2D eigenvalue weighted by atomic mass is 16.4. The number of amides is 2. The first-order valence-corrected chi connectivity index (χ1v) is 7.38. The van der Waals surface area contributed by atoms with Crippen LogP contribution < -0.4 is 10.6 Å². The molecule has 0 bridgehead atoms. The van der Waals surface area contributed by atoms with Gasteiger partial charge in [0.15, 0.2) is 0 Å². The van der Waals surface area contributed by atoms with Crippen LogP contribution >= 0.6 is 0 Å². The molecule has 1 aliphatic carbocycles. The van der Waals surface area contributed by atoms with Crippen LogP contribution in [0.3, 0.4) is 0 Å². The van der Waals surface area contributed by atoms with Crippen LogP contribution in [0.15, 0.2) is 24.3 Å². The first-order valence-electron chi connectivity index (χ1n) is 7.38. The van der Waals surface area contributed by atoms with Crippen molar-refractivity contribution in [3.05, 3.63) is 24.3 Å². The third kappa shape index (κ3) is 4.07. The molecule has 6 nitrogen and oxygen atoms in total. The van der Waals surface area contributed by atoms with Gasteiger partial charge in [0.05, 0.1) is 11.8 Å². The summed E-state index contributed by atoms with van der Waals surface area (Å²) in [5, 5.41) is 14.6. The second-order valence-corrected chi connectivity index (χ2v) is 5.59. The molecule has 3 N–H and O–H groups in total. The van der Waals surface area contributed by atoms with Crippen LogP contribution in [0.25, 0.3) is 0 Å². The van der Waals surface area contributed by atoms with E-state index in [1.54, 1.807) is 24.3 Å². The molecule has 0 heterocycles. The Labute approximate surface area is 128 Å². The summed E-state index contributed by atoms with van der Waals surface area (Å²) < 4.78 is 0. The van der Waals surface area contributed by atoms with Crippen molar-refractivity contribution in [2.24, 2.45) is 11.8 Å². The zero-order chi connectivity index (χ0) is 16.1. The van der Waals surface area contributed by atoms with Crippen molar-refractivity contribution in [3.8, 4) is 0 Å². The zero-order valence-electron chi connectivity index (χ0n) is 12.5. The number of nitrogens with one attached hydrogen (secondary N) is 2. The molecule has 0 aliphatic heterocycles. The number of hydrogen-bond acceptors (Lipinski definition) is 3. The molecular weight excluding hydrogens is 284 g/mol. The molecule has 22 heavy (non-hydrogen) atoms. The second-order valence-electron chi connectivity index (χ2n) is 5.59. The summed E-state index contributed by atoms with van der Waals surface area (Å²) in [6.07, 6.45) is 2.85. The molecule has 2 rings (SSSR count). The highest BCUT2D eigenvalue weighted by Gasteiger charge is 2.35. The molecule has 0 radical (unpaired) electrons. The van der Waals surface area contributed by atoms with Gasteiger partial charge in [-0.1, -0.05) is 18.9 Å². The Kier molecular flexibility index (Phi) is 5.14. The van der Waals surface area contributed by atoms with Crippen molar-refractivity contribution in [1.82, 2.24) is 0 Å². The minimum absolute atomic E-state index is 0.193. The topological polar surface area (TPSA) is 95.5 Å². The zero-order valence-corrected chi connectivity index (χ0v) is 12.5. The van der Waals surface area contributed by atoms with E-state index in [2.05, 4.69) is 10.6 Å². The molecule has 1 saturated carbocycles. The minimum Gasteiger partial charge on any atom is -0.481 e. The highest BCUT2D eigenvalue weighted by Crippen LogP contribution is 2.31. The van der Waals surface area contributed by atoms with Crippen LogP contribution in [0.5, 0.6) is 0 Å². The molecule has 1 fully saturated rings. The molecule has 0 aromatic heterocycles. The second kappa shape index (κ2) is 7.06. The van der Waals surface area contributed by atoms with Crippen molar-refractivity contribution >= 4 is 29.2 Å². The fraction of sp³-hybridized carbons (Fsp3) is 0.438. The molecule has 2 atom stereocenters. The number of carboxylic acids is 1. The van der Waals surface area contributed by atoms with E-state index in [0.29, 0.717) is 24.2 Å². The summed E-state index contributed by atoms with van der Waals surface area (Å²) in [5.41, 5.74) is 1.13. The van der Waals surface area contributed by atoms with Gasteiger partial charge in [0.1, 0.15) is 0 Å². The molecular formula is C16H20N2O4. The number of carbonyl (C=O) groups excluding carboxylic acids is 2. The van der Waals surface area contributed by atoms with Crippen LogP contribution in [0.1, 0.15) is 32.6 Å². The molecule has 118 valence electrons. The summed E-state index contributed by atoms with van der Waals surface area (Å²) >= 11 is 0. The Morgan fingerprint density at radius 1 is 1.05 bits per heavy atom. The number of aliphatic carboxylic acids is 1. The van der Waals surface area contributed by atoms with Crippen molar-refractivity contribution < 1.29 is 19.5 Å². The lowest BCUT2D eigenvalue weighted by Gasteiger charge is -2.27. The maximum Gasteiger partial charge on any atom is 0.307 e. The van der Waals surface area contributed by atoms with E-state index in [1.807, 2.05) is 0 Å². The number of benzene rings is 1. The number of carbonyl (C=O) groups is 3. The third-order valence-electron chi connectivity index (χ3n) is 3.87. The molecule has 1 aromatic carbocycles. The first-order chi connectivity index (χ1) is 10.5. The van der Waals surface area contributed by atoms with Gasteiger partial charge in [-0.3, -0.25) is 14.4 Å². The van der Waals surface area contributed by atoms with E-state index in [1.165, 1.54) is 6.92 Å². The van der Waals surface area contributed by atoms with Gasteiger partial charge in [0, 0.05) is 18.3 Å². The van der Waals surface area contributed by atoms with Crippen LogP contribution in [-0.2, 0) is 14.4 Å². The van der Waals surface area contributed by atoms with E-state index in [-0.39, 0.29) is 11.8 Å². The normalized spacial score (nSPS) is 21.0. The standard InChI is InChI=1S/C16H20N2O4/c1-10(19)17-11-5-4-6-12(9-11)18-15(20)13-7-2-3-8-14(13)16(21)22/h4-6,9,13-14H,2-3,7-8H2,1H3,(H,17,19)(H,18,20)(H,21,22)/t13-,14+/m1/s1. The predicted octanol–water partition coefficient (Wildman–Crippen LogP) is 2.47. The summed E-state index contributed by atoms with van der Waals surface area (Å²) in [7, 11) is 0. The Morgan fingerprint density at radius 2 is 1.64 bits per heavy atom. The van der Waals surface area contributed by atoms with E-state index in [0.717, 1.165) is 12.8 Å². The number of hydrogen-bond donors (Lipinski definition) is 3. The van der Waals surface area contributed by atoms with E-state index < -0.39 is 17.8 Å². The number of anilines is 2.